The van der Waals surface area contributed by atoms with Gasteiger partial charge in [-0.3, -0.25) is 14.5 Å². The Bertz CT molecular complexity index is 850. The molecule has 0 bridgehead atoms. The number of aromatic amines is 1. The first-order valence-electron chi connectivity index (χ1n) is 8.74. The molecule has 25 heavy (non-hydrogen) atoms. The molecule has 2 aliphatic heterocycles. The molecule has 2 aliphatic rings. The van der Waals surface area contributed by atoms with Gasteiger partial charge in [0.15, 0.2) is 11.6 Å². The number of aromatic nitrogens is 5. The van der Waals surface area contributed by atoms with Gasteiger partial charge in [-0.05, 0) is 45.1 Å². The van der Waals surface area contributed by atoms with Crippen molar-refractivity contribution < 1.29 is 0 Å². The average molecular weight is 340 g/mol. The molecule has 0 saturated carbocycles. The van der Waals surface area contributed by atoms with Gasteiger partial charge in [-0.25, -0.2) is 4.98 Å². The van der Waals surface area contributed by atoms with Crippen LogP contribution in [0.3, 0.4) is 0 Å². The van der Waals surface area contributed by atoms with Crippen LogP contribution in [0.25, 0.3) is 22.8 Å². The second-order valence-corrected chi connectivity index (χ2v) is 6.06. The van der Waals surface area contributed by atoms with Crippen molar-refractivity contribution in [1.82, 2.24) is 29.6 Å². The molecule has 0 unspecified atom stereocenters. The lowest BCUT2D eigenvalue weighted by Crippen LogP contribution is -2.25. The number of H-pyrrole nitrogens is 1. The molecule has 0 radical (unpaired) electrons. The summed E-state index contributed by atoms with van der Waals surface area (Å²) in [4.78, 5) is 27.6. The summed E-state index contributed by atoms with van der Waals surface area (Å²) in [7, 11) is 0. The Balaban J connectivity index is 1.92. The number of nitrogens with zero attached hydrogens (tertiary/aromatic N) is 5. The van der Waals surface area contributed by atoms with E-state index in [1.807, 2.05) is 23.7 Å². The highest BCUT2D eigenvalue weighted by Crippen LogP contribution is 2.22. The van der Waals surface area contributed by atoms with E-state index in [1.54, 1.807) is 12.4 Å². The molecule has 1 N–H and O–H groups in total. The van der Waals surface area contributed by atoms with Gasteiger partial charge >= 0.3 is 0 Å². The number of hydrogen-bond donors (Lipinski definition) is 1. The van der Waals surface area contributed by atoms with Crippen molar-refractivity contribution >= 4 is 0 Å². The number of hydrogen-bond acceptors (Lipinski definition) is 5. The highest BCUT2D eigenvalue weighted by molar-refractivity contribution is 5.64. The zero-order valence-electron chi connectivity index (χ0n) is 15.0. The van der Waals surface area contributed by atoms with Crippen LogP contribution in [0.15, 0.2) is 29.3 Å². The van der Waals surface area contributed by atoms with E-state index in [9.17, 15) is 4.79 Å². The van der Waals surface area contributed by atoms with Crippen molar-refractivity contribution in [3.8, 4) is 22.8 Å². The van der Waals surface area contributed by atoms with E-state index in [2.05, 4.69) is 38.8 Å². The molecule has 0 aliphatic carbocycles. The molecule has 3 rings (SSSR count). The van der Waals surface area contributed by atoms with Crippen molar-refractivity contribution in [2.45, 2.75) is 33.7 Å². The fourth-order valence-corrected chi connectivity index (χ4v) is 3.05. The third kappa shape index (κ3) is 3.61. The van der Waals surface area contributed by atoms with Crippen LogP contribution in [0.4, 0.5) is 0 Å². The first-order valence-corrected chi connectivity index (χ1v) is 8.74. The number of nitrogens with one attached hydrogen (secondary N) is 1. The van der Waals surface area contributed by atoms with E-state index in [0.29, 0.717) is 17.2 Å². The highest BCUT2D eigenvalue weighted by Gasteiger charge is 2.21. The Morgan fingerprint density at radius 3 is 2.56 bits per heavy atom. The summed E-state index contributed by atoms with van der Waals surface area (Å²) in [5, 5.41) is 3.27. The summed E-state index contributed by atoms with van der Waals surface area (Å²) in [6.45, 7) is 10.1. The molecule has 0 fully saturated rings. The van der Waals surface area contributed by atoms with Crippen LogP contribution in [0.5, 0.6) is 0 Å². The second-order valence-electron chi connectivity index (χ2n) is 6.06. The van der Waals surface area contributed by atoms with Crippen LogP contribution in [-0.2, 0) is 6.54 Å². The van der Waals surface area contributed by atoms with Crippen LogP contribution in [0, 0.1) is 6.92 Å². The number of aryl methyl sites for hydroxylation is 2. The van der Waals surface area contributed by atoms with Crippen LogP contribution in [0.1, 0.15) is 26.0 Å². The third-order valence-corrected chi connectivity index (χ3v) is 4.48. The summed E-state index contributed by atoms with van der Waals surface area (Å²) in [6, 6.07) is 3.62. The molecule has 0 saturated heterocycles. The quantitative estimate of drug-likeness (QED) is 0.713. The Morgan fingerprint density at radius 2 is 1.88 bits per heavy atom. The molecule has 7 nitrogen and oxygen atoms in total. The molecular weight excluding hydrogens is 316 g/mol. The topological polar surface area (TPSA) is 79.7 Å². The molecule has 0 spiro atoms. The Hall–Kier alpha value is -2.54. The summed E-state index contributed by atoms with van der Waals surface area (Å²) >= 11 is 0. The van der Waals surface area contributed by atoms with Crippen molar-refractivity contribution in [2.75, 3.05) is 19.6 Å². The Morgan fingerprint density at radius 1 is 1.16 bits per heavy atom. The highest BCUT2D eigenvalue weighted by atomic mass is 16.1. The van der Waals surface area contributed by atoms with Gasteiger partial charge in [0.1, 0.15) is 5.56 Å². The zero-order valence-corrected chi connectivity index (χ0v) is 15.0. The van der Waals surface area contributed by atoms with Crippen LogP contribution in [0.2, 0.25) is 0 Å². The van der Waals surface area contributed by atoms with Crippen LogP contribution >= 0.6 is 0 Å². The molecule has 3 heterocycles. The van der Waals surface area contributed by atoms with Gasteiger partial charge in [0.2, 0.25) is 0 Å². The van der Waals surface area contributed by atoms with Gasteiger partial charge in [-0.15, -0.1) is 0 Å². The van der Waals surface area contributed by atoms with E-state index in [4.69, 9.17) is 0 Å². The lowest BCUT2D eigenvalue weighted by atomic mass is 10.2. The number of pyridine rings is 1. The molecule has 0 aromatic carbocycles. The third-order valence-electron chi connectivity index (χ3n) is 4.48. The maximum Gasteiger partial charge on any atom is 0.284 e. The smallest absolute Gasteiger partial charge is 0.284 e. The van der Waals surface area contributed by atoms with E-state index >= 15 is 0 Å². The van der Waals surface area contributed by atoms with E-state index in [0.717, 1.165) is 43.9 Å². The predicted molar refractivity (Wildman–Crippen MR) is 97.6 cm³/mol. The van der Waals surface area contributed by atoms with Crippen molar-refractivity contribution in [2.24, 2.45) is 0 Å². The molecule has 7 heteroatoms. The minimum atomic E-state index is -0.243. The van der Waals surface area contributed by atoms with Gasteiger partial charge < -0.3 is 10.00 Å². The Labute approximate surface area is 147 Å². The normalized spacial score (nSPS) is 11.5. The van der Waals surface area contributed by atoms with Gasteiger partial charge in [0, 0.05) is 30.2 Å². The van der Waals surface area contributed by atoms with Gasteiger partial charge in [-0.1, -0.05) is 13.8 Å². The monoisotopic (exact) mass is 340 g/mol. The molecule has 0 amide bonds. The second kappa shape index (κ2) is 7.57. The number of rotatable bonds is 7. The predicted octanol–water partition coefficient (Wildman–Crippen LogP) is 2.17. The molecule has 1 aromatic rings. The minimum absolute atomic E-state index is 0.243. The summed E-state index contributed by atoms with van der Waals surface area (Å²) < 4.78 is 1.96. The van der Waals surface area contributed by atoms with Crippen LogP contribution in [-0.4, -0.2) is 49.3 Å². The van der Waals surface area contributed by atoms with Gasteiger partial charge in [0.05, 0.1) is 0 Å². The van der Waals surface area contributed by atoms with Gasteiger partial charge in [-0.2, -0.15) is 4.98 Å². The van der Waals surface area contributed by atoms with Gasteiger partial charge in [0.25, 0.3) is 5.56 Å². The van der Waals surface area contributed by atoms with Crippen molar-refractivity contribution in [3.05, 3.63) is 40.6 Å². The first-order chi connectivity index (χ1) is 12.1. The van der Waals surface area contributed by atoms with Crippen molar-refractivity contribution in [1.29, 1.82) is 0 Å². The van der Waals surface area contributed by atoms with E-state index < -0.39 is 0 Å². The van der Waals surface area contributed by atoms with E-state index in [1.165, 1.54) is 0 Å². The summed E-state index contributed by atoms with van der Waals surface area (Å²) in [6.07, 6.45) is 4.34. The molecule has 0 atom stereocenters. The van der Waals surface area contributed by atoms with Crippen LogP contribution < -0.4 is 5.56 Å². The maximum absolute atomic E-state index is 12.5. The zero-order chi connectivity index (χ0) is 17.8. The average Bonchev–Trinajstić information content (AvgIpc) is 2.96. The minimum Gasteiger partial charge on any atom is -0.304 e. The largest absolute Gasteiger partial charge is 0.304 e. The lowest BCUT2D eigenvalue weighted by molar-refractivity contribution is 0.291. The fourth-order valence-electron chi connectivity index (χ4n) is 3.05. The standard InChI is InChI=1S/C18H24N6O/c1-4-23(5-2)11-6-12-24-17-15(13(3)22-24)18(25)21-16(20-17)14-7-9-19-10-8-14/h7-10,22H,4-6,11-12H2,1-3H3. The fraction of sp³-hybridized carbons (Fsp3) is 0.444. The lowest BCUT2D eigenvalue weighted by Gasteiger charge is -2.17. The Kier molecular flexibility index (Phi) is 5.23. The first kappa shape index (κ1) is 17.3. The summed E-state index contributed by atoms with van der Waals surface area (Å²) in [5.74, 6) is 1.11. The molecular formula is C18H24N6O. The molecule has 132 valence electrons. The number of fused-ring (bicyclic) bond motifs is 1. The maximum atomic E-state index is 12.5. The SMILES string of the molecule is CCN(CC)CCCn1[nH]c(C)c2c(=O)nc(-c3ccncc3)nc1-2. The van der Waals surface area contributed by atoms with E-state index in [-0.39, 0.29) is 5.56 Å². The summed E-state index contributed by atoms with van der Waals surface area (Å²) in [5.41, 5.74) is 1.93. The molecule has 1 aromatic heterocycles. The van der Waals surface area contributed by atoms with Crippen molar-refractivity contribution in [3.63, 3.8) is 0 Å².